The summed E-state index contributed by atoms with van der Waals surface area (Å²) in [5, 5.41) is 6.77. The van der Waals surface area contributed by atoms with Crippen LogP contribution in [-0.2, 0) is 0 Å². The van der Waals surface area contributed by atoms with Crippen LogP contribution >= 0.6 is 0 Å². The second-order valence-corrected chi connectivity index (χ2v) is 16.7. The van der Waals surface area contributed by atoms with Crippen LogP contribution < -0.4 is 26.7 Å². The van der Waals surface area contributed by atoms with Crippen molar-refractivity contribution in [3.63, 3.8) is 0 Å². The van der Waals surface area contributed by atoms with E-state index in [1.165, 1.54) is 24.9 Å². The maximum absolute atomic E-state index is 5.48. The van der Waals surface area contributed by atoms with Crippen molar-refractivity contribution in [2.75, 3.05) is 39.3 Å². The molecule has 0 amide bonds. The molecule has 128 valence electrons. The van der Waals surface area contributed by atoms with Crippen molar-refractivity contribution in [1.29, 1.82) is 0 Å². The van der Waals surface area contributed by atoms with E-state index in [9.17, 15) is 0 Å². The Labute approximate surface area is 134 Å². The topological polar surface area (TPSA) is 88.1 Å². The molecule has 0 spiro atoms. The Bertz CT molecular complexity index is 226. The highest BCUT2D eigenvalue weighted by Gasteiger charge is 2.30. The first-order valence-corrected chi connectivity index (χ1v) is 14.9. The van der Waals surface area contributed by atoms with Gasteiger partial charge in [0.15, 0.2) is 0 Å². The molecule has 0 aromatic carbocycles. The van der Waals surface area contributed by atoms with Crippen LogP contribution in [0.2, 0.25) is 38.3 Å². The van der Waals surface area contributed by atoms with Crippen LogP contribution in [0.4, 0.5) is 0 Å². The molecule has 0 heterocycles. The van der Waals surface area contributed by atoms with Crippen LogP contribution in [0, 0.1) is 0 Å². The van der Waals surface area contributed by atoms with Crippen molar-refractivity contribution in [1.82, 2.24) is 15.3 Å². The summed E-state index contributed by atoms with van der Waals surface area (Å²) in [6.07, 6.45) is 2.52. The molecule has 0 atom stereocenters. The lowest BCUT2D eigenvalue weighted by atomic mass is 10.5. The van der Waals surface area contributed by atoms with Crippen LogP contribution in [0.15, 0.2) is 0 Å². The van der Waals surface area contributed by atoms with Crippen LogP contribution in [0.25, 0.3) is 0 Å². The van der Waals surface area contributed by atoms with Gasteiger partial charge >= 0.3 is 0 Å². The van der Waals surface area contributed by atoms with Gasteiger partial charge in [0.1, 0.15) is 16.5 Å². The Balaban J connectivity index is 3.87. The van der Waals surface area contributed by atoms with Gasteiger partial charge in [-0.25, -0.2) is 0 Å². The fourth-order valence-corrected chi connectivity index (χ4v) is 13.3. The van der Waals surface area contributed by atoms with E-state index in [0.717, 1.165) is 39.3 Å². The van der Waals surface area contributed by atoms with Gasteiger partial charge in [-0.2, -0.15) is 0 Å². The number of rotatable bonds is 14. The predicted octanol–water partition coefficient (Wildman–Crippen LogP) is 0.863. The van der Waals surface area contributed by atoms with Gasteiger partial charge in [0, 0.05) is 26.2 Å². The fraction of sp³-hybridized carbons (Fsp3) is 1.00. The highest BCUT2D eigenvalue weighted by Crippen LogP contribution is 2.16. The molecule has 0 aliphatic carbocycles. The Hall–Kier alpha value is 0.234. The molecular formula is C14H39N5Si2. The van der Waals surface area contributed by atoms with Gasteiger partial charge in [0.2, 0.25) is 0 Å². The minimum Gasteiger partial charge on any atom is -0.359 e. The third kappa shape index (κ3) is 13.6. The van der Waals surface area contributed by atoms with Crippen molar-refractivity contribution >= 4 is 16.5 Å². The average molecular weight is 334 g/mol. The van der Waals surface area contributed by atoms with E-state index in [4.69, 9.17) is 11.5 Å². The molecular weight excluding hydrogens is 294 g/mol. The Kier molecular flexibility index (Phi) is 11.9. The number of nitrogens with two attached hydrogens (primary N) is 2. The maximum Gasteiger partial charge on any atom is 0.112 e. The zero-order valence-electron chi connectivity index (χ0n) is 14.7. The average Bonchev–Trinajstić information content (AvgIpc) is 2.36. The number of nitrogens with one attached hydrogen (secondary N) is 3. The Morgan fingerprint density at radius 3 is 1.38 bits per heavy atom. The third-order valence-electron chi connectivity index (χ3n) is 3.63. The molecule has 7 heteroatoms. The molecule has 0 saturated carbocycles. The van der Waals surface area contributed by atoms with Crippen LogP contribution in [-0.4, -0.2) is 55.7 Å². The van der Waals surface area contributed by atoms with E-state index >= 15 is 0 Å². The van der Waals surface area contributed by atoms with E-state index in [1.807, 2.05) is 0 Å². The van der Waals surface area contributed by atoms with Crippen molar-refractivity contribution in [3.05, 3.63) is 0 Å². The SMILES string of the molecule is C[Si](C)(CCCNCCN)N[Si](C)(C)CCCNCCN. The third-order valence-corrected chi connectivity index (χ3v) is 12.3. The molecule has 0 aromatic rings. The van der Waals surface area contributed by atoms with E-state index in [0.29, 0.717) is 0 Å². The smallest absolute Gasteiger partial charge is 0.112 e. The zero-order valence-corrected chi connectivity index (χ0v) is 16.7. The minimum absolute atomic E-state index is 0.733. The van der Waals surface area contributed by atoms with Crippen molar-refractivity contribution in [2.24, 2.45) is 11.5 Å². The van der Waals surface area contributed by atoms with Crippen LogP contribution in [0.3, 0.4) is 0 Å². The van der Waals surface area contributed by atoms with Gasteiger partial charge in [-0.1, -0.05) is 26.2 Å². The Morgan fingerprint density at radius 1 is 0.667 bits per heavy atom. The monoisotopic (exact) mass is 333 g/mol. The zero-order chi connectivity index (χ0) is 16.2. The normalized spacial score (nSPS) is 12.9. The molecule has 0 fully saturated rings. The first kappa shape index (κ1) is 21.2. The van der Waals surface area contributed by atoms with Crippen molar-refractivity contribution in [2.45, 2.75) is 51.1 Å². The summed E-state index contributed by atoms with van der Waals surface area (Å²) in [6, 6.07) is 2.68. The second kappa shape index (κ2) is 11.8. The summed E-state index contributed by atoms with van der Waals surface area (Å²) in [7, 11) is -2.55. The maximum atomic E-state index is 5.48. The summed E-state index contributed by atoms with van der Waals surface area (Å²) in [4.78, 5) is 0. The van der Waals surface area contributed by atoms with Gasteiger partial charge in [-0.15, -0.1) is 0 Å². The van der Waals surface area contributed by atoms with Crippen molar-refractivity contribution in [3.8, 4) is 0 Å². The van der Waals surface area contributed by atoms with E-state index in [2.05, 4.69) is 41.5 Å². The predicted molar refractivity (Wildman–Crippen MR) is 101 cm³/mol. The molecule has 21 heavy (non-hydrogen) atoms. The quantitative estimate of drug-likeness (QED) is 0.240. The van der Waals surface area contributed by atoms with Gasteiger partial charge in [-0.05, 0) is 38.0 Å². The van der Waals surface area contributed by atoms with Crippen molar-refractivity contribution < 1.29 is 0 Å². The van der Waals surface area contributed by atoms with E-state index < -0.39 is 16.5 Å². The summed E-state index contributed by atoms with van der Waals surface area (Å²) >= 11 is 0. The molecule has 0 rings (SSSR count). The minimum atomic E-state index is -1.27. The first-order valence-electron chi connectivity index (χ1n) is 8.44. The highest BCUT2D eigenvalue weighted by atomic mass is 28.4. The summed E-state index contributed by atoms with van der Waals surface area (Å²) in [5.74, 6) is 0. The van der Waals surface area contributed by atoms with Crippen LogP contribution in [0.1, 0.15) is 12.8 Å². The molecule has 0 aliphatic rings. The molecule has 0 bridgehead atoms. The Morgan fingerprint density at radius 2 is 1.05 bits per heavy atom. The molecule has 0 aliphatic heterocycles. The van der Waals surface area contributed by atoms with E-state index in [1.54, 1.807) is 0 Å². The second-order valence-electron chi connectivity index (χ2n) is 7.18. The van der Waals surface area contributed by atoms with Gasteiger partial charge < -0.3 is 26.7 Å². The molecule has 7 N–H and O–H groups in total. The molecule has 0 radical (unpaired) electrons. The lowest BCUT2D eigenvalue weighted by Gasteiger charge is -2.35. The van der Waals surface area contributed by atoms with Gasteiger partial charge in [0.25, 0.3) is 0 Å². The largest absolute Gasteiger partial charge is 0.359 e. The lowest BCUT2D eigenvalue weighted by Crippen LogP contribution is -2.59. The van der Waals surface area contributed by atoms with Gasteiger partial charge in [0.05, 0.1) is 0 Å². The summed E-state index contributed by atoms with van der Waals surface area (Å²) in [6.45, 7) is 15.4. The molecule has 0 aromatic heterocycles. The number of hydrogen-bond acceptors (Lipinski definition) is 5. The number of hydrogen-bond donors (Lipinski definition) is 5. The summed E-state index contributed by atoms with van der Waals surface area (Å²) in [5.41, 5.74) is 11.0. The van der Waals surface area contributed by atoms with Crippen LogP contribution in [0.5, 0.6) is 0 Å². The van der Waals surface area contributed by atoms with E-state index in [-0.39, 0.29) is 0 Å². The standard InChI is InChI=1S/C14H39N5Si2/c1-20(2,13-5-9-17-11-7-15)19-21(3,4)14-6-10-18-12-8-16/h17-19H,5-16H2,1-4H3. The summed E-state index contributed by atoms with van der Waals surface area (Å²) < 4.78 is 4.09. The fourth-order valence-electron chi connectivity index (χ4n) is 2.81. The lowest BCUT2D eigenvalue weighted by molar-refractivity contribution is 0.671. The molecule has 0 unspecified atom stereocenters. The molecule has 5 nitrogen and oxygen atoms in total. The highest BCUT2D eigenvalue weighted by molar-refractivity contribution is 6.91. The molecule has 0 saturated heterocycles. The van der Waals surface area contributed by atoms with Gasteiger partial charge in [-0.3, -0.25) is 0 Å². The first-order chi connectivity index (χ1) is 9.83.